The summed E-state index contributed by atoms with van der Waals surface area (Å²) < 4.78 is 0. The molecule has 0 bridgehead atoms. The number of nitrogens with zero attached hydrogens (tertiary/aromatic N) is 2. The molecule has 1 amide bonds. The molecule has 27 heavy (non-hydrogen) atoms. The molecule has 2 rings (SSSR count). The van der Waals surface area contributed by atoms with Crippen LogP contribution in [0.5, 0.6) is 0 Å². The molecule has 0 aliphatic heterocycles. The van der Waals surface area contributed by atoms with Crippen LogP contribution in [0.25, 0.3) is 10.0 Å². The van der Waals surface area contributed by atoms with Gasteiger partial charge in [-0.25, -0.2) is 9.97 Å². The number of hydrogen-bond acceptors (Lipinski definition) is 7. The summed E-state index contributed by atoms with van der Waals surface area (Å²) in [4.78, 5) is 22.5. The van der Waals surface area contributed by atoms with Crippen LogP contribution in [0.3, 0.4) is 0 Å². The van der Waals surface area contributed by atoms with E-state index in [1.165, 1.54) is 0 Å². The number of amides is 1. The first-order valence-corrected chi connectivity index (χ1v) is 11.3. The van der Waals surface area contributed by atoms with E-state index in [4.69, 9.17) is 0 Å². The highest BCUT2D eigenvalue weighted by molar-refractivity contribution is 7.20. The highest BCUT2D eigenvalue weighted by Gasteiger charge is 2.20. The van der Waals surface area contributed by atoms with Gasteiger partial charge in [0.15, 0.2) is 10.0 Å². The second kappa shape index (κ2) is 11.5. The van der Waals surface area contributed by atoms with Crippen LogP contribution in [0.15, 0.2) is 11.6 Å². The molecule has 6 nitrogen and oxygen atoms in total. The smallest absolute Gasteiger partial charge is 0.271 e. The number of hydrogen-bond donors (Lipinski definition) is 3. The van der Waals surface area contributed by atoms with E-state index >= 15 is 0 Å². The van der Waals surface area contributed by atoms with Gasteiger partial charge in [0.25, 0.3) is 5.91 Å². The molecular weight excluding hydrogens is 380 g/mol. The van der Waals surface area contributed by atoms with Gasteiger partial charge in [0.1, 0.15) is 11.9 Å². The number of rotatable bonds is 12. The Kier molecular flexibility index (Phi) is 9.33. The second-order valence-electron chi connectivity index (χ2n) is 6.92. The third-order valence-electron chi connectivity index (χ3n) is 4.03. The Morgan fingerprint density at radius 2 is 2.00 bits per heavy atom. The number of aliphatic hydroxyl groups is 1. The van der Waals surface area contributed by atoms with Gasteiger partial charge >= 0.3 is 0 Å². The van der Waals surface area contributed by atoms with Crippen molar-refractivity contribution >= 4 is 28.6 Å². The van der Waals surface area contributed by atoms with Gasteiger partial charge < -0.3 is 10.4 Å². The minimum absolute atomic E-state index is 0.0933. The fraction of sp³-hybridized carbons (Fsp3) is 0.632. The Hall–Kier alpha value is -1.35. The van der Waals surface area contributed by atoms with Crippen molar-refractivity contribution in [3.8, 4) is 10.0 Å². The Morgan fingerprint density at radius 1 is 1.22 bits per heavy atom. The van der Waals surface area contributed by atoms with Crippen LogP contribution in [-0.4, -0.2) is 40.3 Å². The molecule has 2 aromatic rings. The minimum atomic E-state index is -0.416. The van der Waals surface area contributed by atoms with Crippen molar-refractivity contribution in [3.63, 3.8) is 0 Å². The maximum absolute atomic E-state index is 12.6. The van der Waals surface area contributed by atoms with Crippen LogP contribution in [0.2, 0.25) is 0 Å². The Morgan fingerprint density at radius 3 is 2.67 bits per heavy atom. The van der Waals surface area contributed by atoms with Crippen molar-refractivity contribution < 1.29 is 9.90 Å². The van der Waals surface area contributed by atoms with Gasteiger partial charge in [-0.2, -0.15) is 0 Å². The molecule has 0 aromatic carbocycles. The van der Waals surface area contributed by atoms with Crippen LogP contribution in [0.4, 0.5) is 0 Å². The summed E-state index contributed by atoms with van der Waals surface area (Å²) in [5.41, 5.74) is 0.548. The lowest BCUT2D eigenvalue weighted by Crippen LogP contribution is -2.29. The average Bonchev–Trinajstić information content (AvgIpc) is 3.29. The second-order valence-corrected chi connectivity index (χ2v) is 8.90. The molecule has 2 heterocycles. The van der Waals surface area contributed by atoms with Gasteiger partial charge in [0.05, 0.1) is 0 Å². The van der Waals surface area contributed by atoms with E-state index in [1.807, 2.05) is 12.3 Å². The molecule has 1 atom stereocenters. The molecule has 0 saturated carbocycles. The number of unbranched alkanes of at least 4 members (excludes halogenated alkanes) is 2. The number of thiazole rings is 2. The zero-order chi connectivity index (χ0) is 19.6. The Balaban J connectivity index is 1.84. The molecule has 150 valence electrons. The van der Waals surface area contributed by atoms with Crippen molar-refractivity contribution in [2.45, 2.75) is 59.1 Å². The lowest BCUT2D eigenvalue weighted by atomic mass is 10.1. The molecule has 2 aromatic heterocycles. The summed E-state index contributed by atoms with van der Waals surface area (Å²) in [6.45, 7) is 7.67. The molecular formula is C19H30N4O2S2. The summed E-state index contributed by atoms with van der Waals surface area (Å²) in [5, 5.41) is 19.1. The monoisotopic (exact) mass is 410 g/mol. The van der Waals surface area contributed by atoms with E-state index < -0.39 is 6.23 Å². The van der Waals surface area contributed by atoms with Crippen LogP contribution < -0.4 is 10.6 Å². The van der Waals surface area contributed by atoms with Gasteiger partial charge in [0.2, 0.25) is 0 Å². The summed E-state index contributed by atoms with van der Waals surface area (Å²) >= 11 is 3.12. The fourth-order valence-electron chi connectivity index (χ4n) is 2.58. The van der Waals surface area contributed by atoms with Gasteiger partial charge in [-0.3, -0.25) is 10.1 Å². The maximum atomic E-state index is 12.6. The Bertz CT molecular complexity index is 686. The summed E-state index contributed by atoms with van der Waals surface area (Å²) in [6.07, 6.45) is 5.81. The number of aromatic nitrogens is 2. The number of aliphatic hydroxyl groups excluding tert-OH is 1. The quantitative estimate of drug-likeness (QED) is 0.367. The zero-order valence-corrected chi connectivity index (χ0v) is 18.0. The van der Waals surface area contributed by atoms with E-state index in [9.17, 15) is 9.90 Å². The third kappa shape index (κ3) is 7.29. The molecule has 0 radical (unpaired) electrons. The number of carbonyl (C=O) groups is 1. The standard InChI is InChI=1S/C19H30N4O2S2/c1-4-15(24)20-8-6-5-7-9-21-17(25)16-14(12-13(2)3)27-19(23-16)18-22-10-11-26-18/h10-11,13,15,20,24H,4-9,12H2,1-3H3,(H,21,25). The molecule has 0 aliphatic rings. The summed E-state index contributed by atoms with van der Waals surface area (Å²) in [7, 11) is 0. The van der Waals surface area contributed by atoms with Gasteiger partial charge in [-0.15, -0.1) is 22.7 Å². The molecule has 0 fully saturated rings. The first-order chi connectivity index (χ1) is 13.0. The first kappa shape index (κ1) is 21.9. The lowest BCUT2D eigenvalue weighted by molar-refractivity contribution is 0.0947. The third-order valence-corrected chi connectivity index (χ3v) is 6.02. The number of carbonyl (C=O) groups excluding carboxylic acids is 1. The van der Waals surface area contributed by atoms with E-state index in [-0.39, 0.29) is 5.91 Å². The van der Waals surface area contributed by atoms with Crippen LogP contribution >= 0.6 is 22.7 Å². The summed E-state index contributed by atoms with van der Waals surface area (Å²) in [6, 6.07) is 0. The summed E-state index contributed by atoms with van der Waals surface area (Å²) in [5.74, 6) is 0.372. The van der Waals surface area contributed by atoms with E-state index in [0.29, 0.717) is 24.6 Å². The normalized spacial score (nSPS) is 12.5. The van der Waals surface area contributed by atoms with Gasteiger partial charge in [0, 0.05) is 23.0 Å². The predicted octanol–water partition coefficient (Wildman–Crippen LogP) is 3.68. The highest BCUT2D eigenvalue weighted by Crippen LogP contribution is 2.31. The lowest BCUT2D eigenvalue weighted by Gasteiger charge is -2.10. The molecule has 8 heteroatoms. The zero-order valence-electron chi connectivity index (χ0n) is 16.3. The van der Waals surface area contributed by atoms with Gasteiger partial charge in [-0.05, 0) is 38.1 Å². The molecule has 3 N–H and O–H groups in total. The van der Waals surface area contributed by atoms with Crippen molar-refractivity contribution in [1.82, 2.24) is 20.6 Å². The van der Waals surface area contributed by atoms with E-state index in [0.717, 1.165) is 47.1 Å². The van der Waals surface area contributed by atoms with Crippen molar-refractivity contribution in [3.05, 3.63) is 22.1 Å². The Labute approximate surface area is 169 Å². The van der Waals surface area contributed by atoms with Crippen LogP contribution in [-0.2, 0) is 6.42 Å². The van der Waals surface area contributed by atoms with E-state index in [2.05, 4.69) is 34.4 Å². The molecule has 0 saturated heterocycles. The molecule has 0 spiro atoms. The van der Waals surface area contributed by atoms with Crippen molar-refractivity contribution in [1.29, 1.82) is 0 Å². The fourth-order valence-corrected chi connectivity index (χ4v) is 4.53. The van der Waals surface area contributed by atoms with Gasteiger partial charge in [-0.1, -0.05) is 27.2 Å². The average molecular weight is 411 g/mol. The SMILES string of the molecule is CCC(O)NCCCCCNC(=O)c1nc(-c2nccs2)sc1CC(C)C. The largest absolute Gasteiger partial charge is 0.379 e. The molecule has 1 unspecified atom stereocenters. The molecule has 0 aliphatic carbocycles. The topological polar surface area (TPSA) is 87.1 Å². The van der Waals surface area contributed by atoms with Crippen LogP contribution in [0, 0.1) is 5.92 Å². The highest BCUT2D eigenvalue weighted by atomic mass is 32.1. The number of nitrogens with one attached hydrogen (secondary N) is 2. The van der Waals surface area contributed by atoms with Crippen molar-refractivity contribution in [2.24, 2.45) is 5.92 Å². The van der Waals surface area contributed by atoms with E-state index in [1.54, 1.807) is 28.9 Å². The maximum Gasteiger partial charge on any atom is 0.271 e. The predicted molar refractivity (Wildman–Crippen MR) is 112 cm³/mol. The van der Waals surface area contributed by atoms with Crippen LogP contribution in [0.1, 0.15) is 61.8 Å². The minimum Gasteiger partial charge on any atom is -0.379 e. The first-order valence-electron chi connectivity index (χ1n) is 9.60. The van der Waals surface area contributed by atoms with Crippen molar-refractivity contribution in [2.75, 3.05) is 13.1 Å².